The van der Waals surface area contributed by atoms with E-state index in [1.807, 2.05) is 6.92 Å². The number of hydrogen-bond acceptors (Lipinski definition) is 4. The summed E-state index contributed by atoms with van der Waals surface area (Å²) >= 11 is 11.8. The lowest BCUT2D eigenvalue weighted by atomic mass is 10.3. The van der Waals surface area contributed by atoms with Crippen molar-refractivity contribution in [1.82, 2.24) is 4.72 Å². The molecule has 0 fully saturated rings. The van der Waals surface area contributed by atoms with Crippen LogP contribution in [0.25, 0.3) is 0 Å². The first-order valence-electron chi connectivity index (χ1n) is 7.73. The molecule has 0 aliphatic carbocycles. The molecule has 0 saturated heterocycles. The quantitative estimate of drug-likeness (QED) is 0.720. The Hall–Kier alpha value is -1.80. The van der Waals surface area contributed by atoms with Gasteiger partial charge in [-0.25, -0.2) is 8.42 Å². The molecule has 0 aromatic heterocycles. The molecular formula is C17H18Cl2N2O4S. The van der Waals surface area contributed by atoms with Gasteiger partial charge in [-0.3, -0.25) is 4.79 Å². The maximum atomic E-state index is 12.4. The summed E-state index contributed by atoms with van der Waals surface area (Å²) in [5, 5.41) is 3.28. The molecule has 0 bridgehead atoms. The third-order valence-corrected chi connectivity index (χ3v) is 5.29. The lowest BCUT2D eigenvalue weighted by Gasteiger charge is -2.15. The van der Waals surface area contributed by atoms with Crippen molar-refractivity contribution in [3.05, 3.63) is 52.5 Å². The molecule has 2 aromatic rings. The Labute approximate surface area is 162 Å². The van der Waals surface area contributed by atoms with Crippen LogP contribution in [0, 0.1) is 0 Å². The van der Waals surface area contributed by atoms with Crippen LogP contribution in [0.4, 0.5) is 5.69 Å². The number of benzene rings is 2. The van der Waals surface area contributed by atoms with Crippen molar-refractivity contribution in [1.29, 1.82) is 0 Å². The molecule has 26 heavy (non-hydrogen) atoms. The van der Waals surface area contributed by atoms with Crippen molar-refractivity contribution in [2.45, 2.75) is 24.8 Å². The van der Waals surface area contributed by atoms with Gasteiger partial charge < -0.3 is 10.1 Å². The maximum absolute atomic E-state index is 12.4. The first-order valence-corrected chi connectivity index (χ1v) is 9.97. The number of nitrogens with one attached hydrogen (secondary N) is 2. The lowest BCUT2D eigenvalue weighted by molar-refractivity contribution is -0.117. The summed E-state index contributed by atoms with van der Waals surface area (Å²) in [5.74, 6) is 0.0212. The Morgan fingerprint density at radius 1 is 1.12 bits per heavy atom. The second-order valence-electron chi connectivity index (χ2n) is 5.39. The first kappa shape index (κ1) is 20.5. The summed E-state index contributed by atoms with van der Waals surface area (Å²) in [6.45, 7) is 3.75. The van der Waals surface area contributed by atoms with Gasteiger partial charge >= 0.3 is 0 Å². The largest absolute Gasteiger partial charge is 0.494 e. The minimum Gasteiger partial charge on any atom is -0.494 e. The fourth-order valence-corrected chi connectivity index (χ4v) is 3.84. The topological polar surface area (TPSA) is 84.5 Å². The van der Waals surface area contributed by atoms with E-state index in [1.165, 1.54) is 37.3 Å². The fourth-order valence-electron chi connectivity index (χ4n) is 2.11. The van der Waals surface area contributed by atoms with E-state index in [9.17, 15) is 13.2 Å². The predicted octanol–water partition coefficient (Wildman–Crippen LogP) is 3.70. The van der Waals surface area contributed by atoms with Gasteiger partial charge in [-0.2, -0.15) is 4.72 Å². The van der Waals surface area contributed by atoms with Gasteiger partial charge in [0.15, 0.2) is 0 Å². The average molecular weight is 417 g/mol. The highest BCUT2D eigenvalue weighted by atomic mass is 35.5. The van der Waals surface area contributed by atoms with Crippen LogP contribution < -0.4 is 14.8 Å². The van der Waals surface area contributed by atoms with Crippen LogP contribution >= 0.6 is 23.2 Å². The van der Waals surface area contributed by atoms with Gasteiger partial charge in [0.05, 0.1) is 17.5 Å². The number of halogens is 2. The summed E-state index contributed by atoms with van der Waals surface area (Å²) in [7, 11) is -3.86. The van der Waals surface area contributed by atoms with Crippen LogP contribution in [-0.4, -0.2) is 27.0 Å². The first-order chi connectivity index (χ1) is 12.2. The highest BCUT2D eigenvalue weighted by Crippen LogP contribution is 2.22. The summed E-state index contributed by atoms with van der Waals surface area (Å²) in [6.07, 6.45) is 0. The normalized spacial score (nSPS) is 12.5. The van der Waals surface area contributed by atoms with Crippen molar-refractivity contribution in [2.24, 2.45) is 0 Å². The zero-order chi connectivity index (χ0) is 19.3. The zero-order valence-corrected chi connectivity index (χ0v) is 16.5. The van der Waals surface area contributed by atoms with E-state index in [0.29, 0.717) is 28.1 Å². The van der Waals surface area contributed by atoms with E-state index in [0.717, 1.165) is 0 Å². The molecule has 0 aliphatic rings. The molecule has 2 rings (SSSR count). The second-order valence-corrected chi connectivity index (χ2v) is 7.98. The number of rotatable bonds is 7. The molecule has 1 atom stereocenters. The standard InChI is InChI=1S/C17H18Cl2N2O4S/c1-3-25-15-4-6-16(7-5-15)26(23,24)21-11(2)17(22)20-14-9-12(18)8-13(19)10-14/h4-11,21H,3H2,1-2H3,(H,20,22)/t11-/m0/s1. The minimum atomic E-state index is -3.86. The van der Waals surface area contributed by atoms with E-state index in [-0.39, 0.29) is 4.90 Å². The molecule has 0 heterocycles. The van der Waals surface area contributed by atoms with E-state index in [4.69, 9.17) is 27.9 Å². The highest BCUT2D eigenvalue weighted by molar-refractivity contribution is 7.89. The number of sulfonamides is 1. The number of hydrogen-bond donors (Lipinski definition) is 2. The Balaban J connectivity index is 2.06. The monoisotopic (exact) mass is 416 g/mol. The van der Waals surface area contributed by atoms with Crippen LogP contribution in [0.1, 0.15) is 13.8 Å². The van der Waals surface area contributed by atoms with Gasteiger partial charge in [-0.1, -0.05) is 23.2 Å². The fraction of sp³-hybridized carbons (Fsp3) is 0.235. The smallest absolute Gasteiger partial charge is 0.242 e. The molecule has 0 aliphatic heterocycles. The van der Waals surface area contributed by atoms with Gasteiger partial charge in [0, 0.05) is 15.7 Å². The maximum Gasteiger partial charge on any atom is 0.242 e. The molecule has 6 nitrogen and oxygen atoms in total. The van der Waals surface area contributed by atoms with Crippen LogP contribution in [-0.2, 0) is 14.8 Å². The average Bonchev–Trinajstić information content (AvgIpc) is 2.54. The van der Waals surface area contributed by atoms with Crippen LogP contribution in [0.15, 0.2) is 47.4 Å². The summed E-state index contributed by atoms with van der Waals surface area (Å²) in [4.78, 5) is 12.3. The van der Waals surface area contributed by atoms with E-state index >= 15 is 0 Å². The van der Waals surface area contributed by atoms with Crippen LogP contribution in [0.3, 0.4) is 0 Å². The third kappa shape index (κ3) is 5.60. The van der Waals surface area contributed by atoms with Gasteiger partial charge in [0.25, 0.3) is 0 Å². The summed E-state index contributed by atoms with van der Waals surface area (Å²) < 4.78 is 32.4. The second kappa shape index (κ2) is 8.73. The Kier molecular flexibility index (Phi) is 6.88. The lowest BCUT2D eigenvalue weighted by Crippen LogP contribution is -2.41. The van der Waals surface area contributed by atoms with Crippen LogP contribution in [0.2, 0.25) is 10.0 Å². The van der Waals surface area contributed by atoms with Crippen LogP contribution in [0.5, 0.6) is 5.75 Å². The molecule has 2 aromatic carbocycles. The van der Waals surface area contributed by atoms with Crippen molar-refractivity contribution in [3.63, 3.8) is 0 Å². The Morgan fingerprint density at radius 2 is 1.69 bits per heavy atom. The number of anilines is 1. The Morgan fingerprint density at radius 3 is 2.23 bits per heavy atom. The molecule has 0 radical (unpaired) electrons. The third-order valence-electron chi connectivity index (χ3n) is 3.30. The molecule has 0 unspecified atom stereocenters. The predicted molar refractivity (Wildman–Crippen MR) is 102 cm³/mol. The van der Waals surface area contributed by atoms with Gasteiger partial charge in [0.2, 0.25) is 15.9 Å². The van der Waals surface area contributed by atoms with Crippen molar-refractivity contribution in [2.75, 3.05) is 11.9 Å². The van der Waals surface area contributed by atoms with Crippen molar-refractivity contribution >= 4 is 44.8 Å². The van der Waals surface area contributed by atoms with E-state index in [2.05, 4.69) is 10.0 Å². The van der Waals surface area contributed by atoms with Crippen molar-refractivity contribution in [3.8, 4) is 5.75 Å². The molecule has 9 heteroatoms. The van der Waals surface area contributed by atoms with Crippen molar-refractivity contribution < 1.29 is 17.9 Å². The molecule has 0 saturated carbocycles. The molecule has 0 spiro atoms. The number of carbonyl (C=O) groups is 1. The van der Waals surface area contributed by atoms with Gasteiger partial charge in [-0.05, 0) is 56.3 Å². The SMILES string of the molecule is CCOc1ccc(S(=O)(=O)N[C@@H](C)C(=O)Nc2cc(Cl)cc(Cl)c2)cc1. The number of ether oxygens (including phenoxy) is 1. The van der Waals surface area contributed by atoms with E-state index in [1.54, 1.807) is 12.1 Å². The molecular weight excluding hydrogens is 399 g/mol. The summed E-state index contributed by atoms with van der Waals surface area (Å²) in [6, 6.07) is 9.47. The number of carbonyl (C=O) groups excluding carboxylic acids is 1. The van der Waals surface area contributed by atoms with Gasteiger partial charge in [-0.15, -0.1) is 0 Å². The van der Waals surface area contributed by atoms with Gasteiger partial charge in [0.1, 0.15) is 5.75 Å². The molecule has 2 N–H and O–H groups in total. The number of amides is 1. The molecule has 1 amide bonds. The highest BCUT2D eigenvalue weighted by Gasteiger charge is 2.22. The summed E-state index contributed by atoms with van der Waals surface area (Å²) in [5.41, 5.74) is 0.375. The minimum absolute atomic E-state index is 0.0337. The Bertz CT molecular complexity index is 866. The zero-order valence-electron chi connectivity index (χ0n) is 14.1. The molecule has 140 valence electrons. The van der Waals surface area contributed by atoms with E-state index < -0.39 is 22.0 Å².